The van der Waals surface area contributed by atoms with Gasteiger partial charge in [-0.05, 0) is 31.0 Å². The highest BCUT2D eigenvalue weighted by molar-refractivity contribution is 5.72. The first-order valence-electron chi connectivity index (χ1n) is 5.44. The lowest BCUT2D eigenvalue weighted by atomic mass is 10.1. The fourth-order valence-electron chi connectivity index (χ4n) is 1.54. The minimum atomic E-state index is -0.300. The molecule has 2 aromatic rings. The van der Waals surface area contributed by atoms with E-state index in [-0.39, 0.29) is 5.82 Å². The van der Waals surface area contributed by atoms with Crippen molar-refractivity contribution in [1.29, 1.82) is 0 Å². The highest BCUT2D eigenvalue weighted by atomic mass is 19.1. The van der Waals surface area contributed by atoms with Crippen molar-refractivity contribution >= 4 is 11.1 Å². The van der Waals surface area contributed by atoms with Gasteiger partial charge in [0.05, 0.1) is 0 Å². The summed E-state index contributed by atoms with van der Waals surface area (Å²) in [5.74, 6) is 0.804. The summed E-state index contributed by atoms with van der Waals surface area (Å²) < 4.78 is 18.4. The van der Waals surface area contributed by atoms with E-state index < -0.39 is 0 Å². The van der Waals surface area contributed by atoms with Gasteiger partial charge in [-0.15, -0.1) is 0 Å². The maximum Gasteiger partial charge on any atom is 0.195 e. The van der Waals surface area contributed by atoms with E-state index in [9.17, 15) is 4.39 Å². The van der Waals surface area contributed by atoms with Crippen molar-refractivity contribution in [2.24, 2.45) is 11.7 Å². The number of aromatic nitrogens is 1. The zero-order chi connectivity index (χ0) is 11.5. The number of nitrogens with zero attached hydrogens (tertiary/aromatic N) is 1. The third kappa shape index (κ3) is 2.39. The van der Waals surface area contributed by atoms with Crippen LogP contribution < -0.4 is 5.73 Å². The van der Waals surface area contributed by atoms with Gasteiger partial charge in [-0.2, -0.15) is 0 Å². The summed E-state index contributed by atoms with van der Waals surface area (Å²) >= 11 is 0. The molecule has 1 heterocycles. The molecule has 0 aliphatic heterocycles. The van der Waals surface area contributed by atoms with Crippen LogP contribution in [0.2, 0.25) is 0 Å². The van der Waals surface area contributed by atoms with Crippen molar-refractivity contribution in [1.82, 2.24) is 4.98 Å². The molecule has 0 saturated carbocycles. The molecule has 3 nitrogen and oxygen atoms in total. The molecule has 0 aliphatic carbocycles. The molecule has 4 heteroatoms. The molecule has 2 rings (SSSR count). The van der Waals surface area contributed by atoms with Gasteiger partial charge in [0.2, 0.25) is 0 Å². The Labute approximate surface area is 93.5 Å². The molecule has 2 N–H and O–H groups in total. The topological polar surface area (TPSA) is 52.0 Å². The number of hydrogen-bond donors (Lipinski definition) is 1. The molecular formula is C12H15FN2O. The van der Waals surface area contributed by atoms with E-state index in [4.69, 9.17) is 10.2 Å². The molecule has 16 heavy (non-hydrogen) atoms. The van der Waals surface area contributed by atoms with E-state index in [0.29, 0.717) is 29.5 Å². The number of halogens is 1. The molecular weight excluding hydrogens is 207 g/mol. The summed E-state index contributed by atoms with van der Waals surface area (Å²) in [5.41, 5.74) is 6.75. The van der Waals surface area contributed by atoms with E-state index in [1.54, 1.807) is 6.07 Å². The van der Waals surface area contributed by atoms with Crippen molar-refractivity contribution in [3.63, 3.8) is 0 Å². The lowest BCUT2D eigenvalue weighted by Gasteiger charge is -2.04. The van der Waals surface area contributed by atoms with Crippen molar-refractivity contribution in [3.8, 4) is 0 Å². The van der Waals surface area contributed by atoms with Crippen LogP contribution in [0.4, 0.5) is 4.39 Å². The van der Waals surface area contributed by atoms with Gasteiger partial charge in [-0.3, -0.25) is 0 Å². The molecule has 0 amide bonds. The van der Waals surface area contributed by atoms with Crippen LogP contribution in [-0.4, -0.2) is 11.5 Å². The number of rotatable bonds is 4. The van der Waals surface area contributed by atoms with Gasteiger partial charge in [0.15, 0.2) is 11.5 Å². The van der Waals surface area contributed by atoms with E-state index >= 15 is 0 Å². The maximum absolute atomic E-state index is 12.9. The van der Waals surface area contributed by atoms with Gasteiger partial charge in [0.25, 0.3) is 0 Å². The lowest BCUT2D eigenvalue weighted by molar-refractivity contribution is 0.470. The van der Waals surface area contributed by atoms with Crippen LogP contribution in [0.5, 0.6) is 0 Å². The van der Waals surface area contributed by atoms with Crippen molar-refractivity contribution < 1.29 is 8.81 Å². The average Bonchev–Trinajstić information content (AvgIpc) is 2.67. The van der Waals surface area contributed by atoms with Crippen molar-refractivity contribution in [3.05, 3.63) is 29.9 Å². The van der Waals surface area contributed by atoms with Gasteiger partial charge in [-0.1, -0.05) is 6.92 Å². The fraction of sp³-hybridized carbons (Fsp3) is 0.417. The molecule has 1 unspecified atom stereocenters. The molecule has 0 bridgehead atoms. The second-order valence-electron chi connectivity index (χ2n) is 4.10. The van der Waals surface area contributed by atoms with Crippen LogP contribution in [-0.2, 0) is 6.42 Å². The number of aryl methyl sites for hydroxylation is 1. The van der Waals surface area contributed by atoms with Crippen LogP contribution in [0.25, 0.3) is 11.1 Å². The van der Waals surface area contributed by atoms with Gasteiger partial charge in [0.1, 0.15) is 11.3 Å². The van der Waals surface area contributed by atoms with Crippen molar-refractivity contribution in [2.45, 2.75) is 19.8 Å². The Hall–Kier alpha value is -1.42. The average molecular weight is 222 g/mol. The van der Waals surface area contributed by atoms with E-state index in [1.807, 2.05) is 0 Å². The first-order valence-corrected chi connectivity index (χ1v) is 5.44. The summed E-state index contributed by atoms with van der Waals surface area (Å²) in [6.07, 6.45) is 1.68. The van der Waals surface area contributed by atoms with Gasteiger partial charge >= 0.3 is 0 Å². The Morgan fingerprint density at radius 1 is 1.50 bits per heavy atom. The van der Waals surface area contributed by atoms with Crippen LogP contribution >= 0.6 is 0 Å². The second-order valence-corrected chi connectivity index (χ2v) is 4.10. The Morgan fingerprint density at radius 2 is 2.31 bits per heavy atom. The normalized spacial score (nSPS) is 13.2. The number of hydrogen-bond acceptors (Lipinski definition) is 3. The third-order valence-electron chi connectivity index (χ3n) is 2.65. The summed E-state index contributed by atoms with van der Waals surface area (Å²) in [5, 5.41) is 0. The molecule has 1 aromatic carbocycles. The maximum atomic E-state index is 12.9. The molecule has 1 atom stereocenters. The second kappa shape index (κ2) is 4.61. The molecule has 0 saturated heterocycles. The molecule has 0 spiro atoms. The molecule has 0 radical (unpaired) electrons. The fourth-order valence-corrected chi connectivity index (χ4v) is 1.54. The first kappa shape index (κ1) is 11.1. The number of benzene rings is 1. The van der Waals surface area contributed by atoms with E-state index in [2.05, 4.69) is 11.9 Å². The highest BCUT2D eigenvalue weighted by Crippen LogP contribution is 2.18. The van der Waals surface area contributed by atoms with Gasteiger partial charge in [-0.25, -0.2) is 9.37 Å². The minimum Gasteiger partial charge on any atom is -0.441 e. The van der Waals surface area contributed by atoms with Crippen LogP contribution in [0.1, 0.15) is 19.2 Å². The SMILES string of the molecule is CC(CN)CCc1nc2ccc(F)cc2o1. The van der Waals surface area contributed by atoms with Crippen molar-refractivity contribution in [2.75, 3.05) is 6.54 Å². The van der Waals surface area contributed by atoms with E-state index in [0.717, 1.165) is 12.8 Å². The quantitative estimate of drug-likeness (QED) is 0.864. The third-order valence-corrected chi connectivity index (χ3v) is 2.65. The predicted molar refractivity (Wildman–Crippen MR) is 60.5 cm³/mol. The van der Waals surface area contributed by atoms with Crippen LogP contribution in [0.15, 0.2) is 22.6 Å². The largest absolute Gasteiger partial charge is 0.441 e. The standard InChI is InChI=1S/C12H15FN2O/c1-8(7-14)2-5-12-15-10-4-3-9(13)6-11(10)16-12/h3-4,6,8H,2,5,7,14H2,1H3. The molecule has 86 valence electrons. The zero-order valence-electron chi connectivity index (χ0n) is 9.24. The Balaban J connectivity index is 2.13. The van der Waals surface area contributed by atoms with Crippen LogP contribution in [0, 0.1) is 11.7 Å². The molecule has 1 aromatic heterocycles. The Bertz CT molecular complexity index is 481. The molecule has 0 fully saturated rings. The summed E-state index contributed by atoms with van der Waals surface area (Å²) in [6, 6.07) is 4.37. The number of nitrogens with two attached hydrogens (primary N) is 1. The highest BCUT2D eigenvalue weighted by Gasteiger charge is 2.08. The summed E-state index contributed by atoms with van der Waals surface area (Å²) in [6.45, 7) is 2.75. The van der Waals surface area contributed by atoms with Gasteiger partial charge in [0, 0.05) is 12.5 Å². The summed E-state index contributed by atoms with van der Waals surface area (Å²) in [4.78, 5) is 4.29. The Morgan fingerprint density at radius 3 is 3.06 bits per heavy atom. The monoisotopic (exact) mass is 222 g/mol. The van der Waals surface area contributed by atoms with E-state index in [1.165, 1.54) is 12.1 Å². The van der Waals surface area contributed by atoms with Crippen LogP contribution in [0.3, 0.4) is 0 Å². The predicted octanol–water partition coefficient (Wildman–Crippen LogP) is 2.49. The smallest absolute Gasteiger partial charge is 0.195 e. The van der Waals surface area contributed by atoms with Gasteiger partial charge < -0.3 is 10.2 Å². The first-order chi connectivity index (χ1) is 7.69. The molecule has 0 aliphatic rings. The summed E-state index contributed by atoms with van der Waals surface area (Å²) in [7, 11) is 0. The zero-order valence-corrected chi connectivity index (χ0v) is 9.24. The minimum absolute atomic E-state index is 0.300. The lowest BCUT2D eigenvalue weighted by Crippen LogP contribution is -2.11. The number of oxazole rings is 1. The number of fused-ring (bicyclic) bond motifs is 1. The Kier molecular flexibility index (Phi) is 3.19.